The molecule has 2 aliphatic carbocycles. The molecule has 5 atom stereocenters. The first-order valence-corrected chi connectivity index (χ1v) is 7.65. The number of rotatable bonds is 0. The highest BCUT2D eigenvalue weighted by atomic mass is 32.2. The third-order valence-electron chi connectivity index (χ3n) is 5.10. The highest BCUT2D eigenvalue weighted by Gasteiger charge is 2.66. The van der Waals surface area contributed by atoms with Gasteiger partial charge < -0.3 is 5.11 Å². The number of sulfone groups is 1. The van der Waals surface area contributed by atoms with Crippen molar-refractivity contribution in [2.24, 2.45) is 23.2 Å². The van der Waals surface area contributed by atoms with E-state index >= 15 is 0 Å². The summed E-state index contributed by atoms with van der Waals surface area (Å²) < 4.78 is 23.2. The van der Waals surface area contributed by atoms with E-state index in [4.69, 9.17) is 0 Å². The van der Waals surface area contributed by atoms with Gasteiger partial charge in [-0.05, 0) is 36.0 Å². The Labute approximate surface area is 90.8 Å². The SMILES string of the molecule is C[C@@]12CCC[C@@H](O)[C@H]1[C@@H]1CS(=O)(=O)C[C@@H]12. The highest BCUT2D eigenvalue weighted by Crippen LogP contribution is 2.65. The molecule has 3 rings (SSSR count). The van der Waals surface area contributed by atoms with Crippen LogP contribution in [-0.2, 0) is 9.84 Å². The maximum absolute atomic E-state index is 11.6. The lowest BCUT2D eigenvalue weighted by Crippen LogP contribution is -2.60. The van der Waals surface area contributed by atoms with Crippen LogP contribution in [0, 0.1) is 23.2 Å². The molecular weight excluding hydrogens is 212 g/mol. The van der Waals surface area contributed by atoms with Gasteiger partial charge in [0.05, 0.1) is 17.6 Å². The summed E-state index contributed by atoms with van der Waals surface area (Å²) >= 11 is 0. The summed E-state index contributed by atoms with van der Waals surface area (Å²) in [5.74, 6) is 1.55. The second kappa shape index (κ2) is 2.77. The first-order valence-electron chi connectivity index (χ1n) is 5.82. The lowest BCUT2D eigenvalue weighted by atomic mass is 9.43. The van der Waals surface area contributed by atoms with Gasteiger partial charge in [0.15, 0.2) is 9.84 Å². The number of fused-ring (bicyclic) bond motifs is 4. The van der Waals surface area contributed by atoms with E-state index < -0.39 is 9.84 Å². The average Bonchev–Trinajstić information content (AvgIpc) is 2.39. The second-order valence-electron chi connectivity index (χ2n) is 5.84. The third kappa shape index (κ3) is 1.18. The summed E-state index contributed by atoms with van der Waals surface area (Å²) in [5.41, 5.74) is 0.117. The molecule has 0 aromatic heterocycles. The first kappa shape index (κ1) is 10.1. The molecule has 1 aliphatic heterocycles. The van der Waals surface area contributed by atoms with Crippen LogP contribution in [0.25, 0.3) is 0 Å². The van der Waals surface area contributed by atoms with Crippen molar-refractivity contribution in [1.29, 1.82) is 0 Å². The maximum atomic E-state index is 11.6. The summed E-state index contributed by atoms with van der Waals surface area (Å²) in [5, 5.41) is 9.99. The van der Waals surface area contributed by atoms with E-state index in [0.29, 0.717) is 17.4 Å². The Balaban J connectivity index is 1.94. The predicted molar refractivity (Wildman–Crippen MR) is 57.1 cm³/mol. The lowest BCUT2D eigenvalue weighted by Gasteiger charge is -2.61. The van der Waals surface area contributed by atoms with Crippen LogP contribution in [-0.4, -0.2) is 31.1 Å². The zero-order chi connectivity index (χ0) is 10.8. The van der Waals surface area contributed by atoms with Gasteiger partial charge in [-0.3, -0.25) is 0 Å². The van der Waals surface area contributed by atoms with Gasteiger partial charge in [-0.15, -0.1) is 0 Å². The van der Waals surface area contributed by atoms with Crippen molar-refractivity contribution in [3.05, 3.63) is 0 Å². The molecule has 1 saturated heterocycles. The molecule has 2 saturated carbocycles. The van der Waals surface area contributed by atoms with Gasteiger partial charge in [-0.2, -0.15) is 0 Å². The molecule has 15 heavy (non-hydrogen) atoms. The molecule has 3 nitrogen and oxygen atoms in total. The van der Waals surface area contributed by atoms with Crippen LogP contribution in [0.4, 0.5) is 0 Å². The van der Waals surface area contributed by atoms with E-state index in [2.05, 4.69) is 6.92 Å². The molecule has 4 heteroatoms. The molecule has 0 bridgehead atoms. The van der Waals surface area contributed by atoms with Crippen LogP contribution in [0.5, 0.6) is 0 Å². The fourth-order valence-electron chi connectivity index (χ4n) is 4.47. The van der Waals surface area contributed by atoms with Crippen LogP contribution in [0.15, 0.2) is 0 Å². The van der Waals surface area contributed by atoms with Crippen molar-refractivity contribution in [3.63, 3.8) is 0 Å². The van der Waals surface area contributed by atoms with Crippen LogP contribution in [0.3, 0.4) is 0 Å². The van der Waals surface area contributed by atoms with Gasteiger partial charge in [-0.25, -0.2) is 8.42 Å². The topological polar surface area (TPSA) is 54.4 Å². The van der Waals surface area contributed by atoms with Crippen LogP contribution < -0.4 is 0 Å². The molecule has 1 N–H and O–H groups in total. The summed E-state index contributed by atoms with van der Waals surface area (Å²) in [6.07, 6.45) is 2.77. The predicted octanol–water partition coefficient (Wildman–Crippen LogP) is 0.828. The van der Waals surface area contributed by atoms with E-state index in [-0.39, 0.29) is 23.4 Å². The van der Waals surface area contributed by atoms with Gasteiger partial charge in [-0.1, -0.05) is 13.3 Å². The minimum Gasteiger partial charge on any atom is -0.393 e. The molecule has 0 spiro atoms. The van der Waals surface area contributed by atoms with Crippen molar-refractivity contribution >= 4 is 9.84 Å². The molecule has 0 aromatic carbocycles. The minimum atomic E-state index is -2.81. The van der Waals surface area contributed by atoms with E-state index in [9.17, 15) is 13.5 Å². The van der Waals surface area contributed by atoms with Crippen molar-refractivity contribution in [3.8, 4) is 0 Å². The molecular formula is C11H18O3S. The van der Waals surface area contributed by atoms with Crippen molar-refractivity contribution in [1.82, 2.24) is 0 Å². The lowest BCUT2D eigenvalue weighted by molar-refractivity contribution is -0.168. The maximum Gasteiger partial charge on any atom is 0.150 e. The van der Waals surface area contributed by atoms with E-state index in [1.807, 2.05) is 0 Å². The summed E-state index contributed by atoms with van der Waals surface area (Å²) in [6, 6.07) is 0. The Morgan fingerprint density at radius 3 is 2.80 bits per heavy atom. The van der Waals surface area contributed by atoms with E-state index in [1.54, 1.807) is 0 Å². The number of aliphatic hydroxyl groups excluding tert-OH is 1. The van der Waals surface area contributed by atoms with Crippen LogP contribution in [0.1, 0.15) is 26.2 Å². The molecule has 0 aromatic rings. The fraction of sp³-hybridized carbons (Fsp3) is 1.00. The van der Waals surface area contributed by atoms with Crippen molar-refractivity contribution in [2.75, 3.05) is 11.5 Å². The second-order valence-corrected chi connectivity index (χ2v) is 7.99. The van der Waals surface area contributed by atoms with Gasteiger partial charge in [0.2, 0.25) is 0 Å². The van der Waals surface area contributed by atoms with Crippen LogP contribution in [0.2, 0.25) is 0 Å². The quantitative estimate of drug-likeness (QED) is 0.670. The molecule has 3 fully saturated rings. The standard InChI is InChI=1S/C11H18O3S/c1-11-4-2-3-9(12)10(11)7-5-15(13,14)6-8(7)11/h7-10,12H,2-6H2,1H3/t7-,8+,9-,10-,11+/m1/s1. The minimum absolute atomic E-state index is 0.117. The number of hydrogen-bond donors (Lipinski definition) is 1. The average molecular weight is 230 g/mol. The number of hydrogen-bond acceptors (Lipinski definition) is 3. The Hall–Kier alpha value is -0.0900. The normalized spacial score (nSPS) is 56.7. The van der Waals surface area contributed by atoms with Crippen LogP contribution >= 0.6 is 0 Å². The molecule has 0 unspecified atom stereocenters. The largest absolute Gasteiger partial charge is 0.393 e. The first-order chi connectivity index (χ1) is 6.94. The van der Waals surface area contributed by atoms with Crippen molar-refractivity contribution in [2.45, 2.75) is 32.3 Å². The Bertz CT molecular complexity index is 389. The number of aliphatic hydroxyl groups is 1. The van der Waals surface area contributed by atoms with Gasteiger partial charge in [0.25, 0.3) is 0 Å². The van der Waals surface area contributed by atoms with E-state index in [0.717, 1.165) is 19.3 Å². The van der Waals surface area contributed by atoms with Gasteiger partial charge in [0.1, 0.15) is 0 Å². The zero-order valence-corrected chi connectivity index (χ0v) is 9.83. The smallest absolute Gasteiger partial charge is 0.150 e. The highest BCUT2D eigenvalue weighted by molar-refractivity contribution is 7.91. The van der Waals surface area contributed by atoms with E-state index in [1.165, 1.54) is 0 Å². The summed E-state index contributed by atoms with van der Waals surface area (Å²) in [6.45, 7) is 2.18. The zero-order valence-electron chi connectivity index (χ0n) is 9.02. The monoisotopic (exact) mass is 230 g/mol. The molecule has 86 valence electrons. The molecule has 0 radical (unpaired) electrons. The van der Waals surface area contributed by atoms with Gasteiger partial charge >= 0.3 is 0 Å². The Morgan fingerprint density at radius 2 is 2.07 bits per heavy atom. The van der Waals surface area contributed by atoms with Gasteiger partial charge in [0, 0.05) is 0 Å². The van der Waals surface area contributed by atoms with Crippen molar-refractivity contribution < 1.29 is 13.5 Å². The summed E-state index contributed by atoms with van der Waals surface area (Å²) in [7, 11) is -2.81. The molecule has 0 amide bonds. The Morgan fingerprint density at radius 1 is 1.33 bits per heavy atom. The Kier molecular flexibility index (Phi) is 1.87. The summed E-state index contributed by atoms with van der Waals surface area (Å²) in [4.78, 5) is 0. The fourth-order valence-corrected chi connectivity index (χ4v) is 6.81. The molecule has 3 aliphatic rings. The third-order valence-corrected chi connectivity index (χ3v) is 6.86. The molecule has 1 heterocycles.